The molecule has 0 atom stereocenters. The number of amides is 3. The van der Waals surface area contributed by atoms with Crippen molar-refractivity contribution >= 4 is 40.6 Å². The molecule has 8 nitrogen and oxygen atoms in total. The maximum absolute atomic E-state index is 13.7. The Balaban J connectivity index is 1.19. The molecule has 0 spiro atoms. The second kappa shape index (κ2) is 10.1. The van der Waals surface area contributed by atoms with Gasteiger partial charge in [-0.3, -0.25) is 19.3 Å². The molecule has 1 saturated heterocycles. The number of rotatable bonds is 7. The molecule has 3 aromatic rings. The Bertz CT molecular complexity index is 1380. The molecule has 1 fully saturated rings. The Kier molecular flexibility index (Phi) is 6.59. The average molecular weight is 507 g/mol. The summed E-state index contributed by atoms with van der Waals surface area (Å²) in [6.07, 6.45) is 1.57. The third-order valence-corrected chi connectivity index (χ3v) is 6.27. The van der Waals surface area contributed by atoms with E-state index in [-0.39, 0.29) is 24.1 Å². The normalized spacial score (nSPS) is 15.5. The smallest absolute Gasteiger partial charge is 0.294 e. The molecule has 0 aromatic heterocycles. The van der Waals surface area contributed by atoms with Crippen molar-refractivity contribution in [3.63, 3.8) is 0 Å². The minimum Gasteiger partial charge on any atom is -0.489 e. The summed E-state index contributed by atoms with van der Waals surface area (Å²) >= 11 is 0.764. The second-order valence-electron chi connectivity index (χ2n) is 7.83. The molecule has 0 saturated carbocycles. The predicted octanol–water partition coefficient (Wildman–Crippen LogP) is 4.81. The number of anilines is 1. The van der Waals surface area contributed by atoms with E-state index >= 15 is 0 Å². The summed E-state index contributed by atoms with van der Waals surface area (Å²) in [4.78, 5) is 38.7. The van der Waals surface area contributed by atoms with Crippen LogP contribution in [0.4, 0.5) is 14.9 Å². The number of hydrogen-bond acceptors (Lipinski definition) is 7. The molecule has 182 valence electrons. The molecular weight excluding hydrogens is 487 g/mol. The van der Waals surface area contributed by atoms with Gasteiger partial charge in [0.25, 0.3) is 11.1 Å². The molecule has 0 aliphatic carbocycles. The molecule has 5 rings (SSSR count). The summed E-state index contributed by atoms with van der Waals surface area (Å²) in [5, 5.41) is 2.12. The fourth-order valence-electron chi connectivity index (χ4n) is 3.54. The second-order valence-corrected chi connectivity index (χ2v) is 8.83. The minimum absolute atomic E-state index is 0.0826. The van der Waals surface area contributed by atoms with E-state index in [1.54, 1.807) is 66.7 Å². The molecule has 3 aromatic carbocycles. The number of nitrogens with zero attached hydrogens (tertiary/aromatic N) is 1. The summed E-state index contributed by atoms with van der Waals surface area (Å²) < 4.78 is 29.9. The minimum atomic E-state index is -0.550. The highest BCUT2D eigenvalue weighted by molar-refractivity contribution is 8.18. The first-order valence-electron chi connectivity index (χ1n) is 10.9. The zero-order valence-electron chi connectivity index (χ0n) is 18.7. The zero-order valence-corrected chi connectivity index (χ0v) is 19.5. The molecule has 2 heterocycles. The fourth-order valence-corrected chi connectivity index (χ4v) is 4.38. The molecule has 3 amide bonds. The molecule has 0 bridgehead atoms. The predicted molar refractivity (Wildman–Crippen MR) is 131 cm³/mol. The highest BCUT2D eigenvalue weighted by atomic mass is 32.2. The Labute approximate surface area is 209 Å². The number of carbonyl (C=O) groups is 3. The summed E-state index contributed by atoms with van der Waals surface area (Å²) in [6.45, 7) is -0.224. The third kappa shape index (κ3) is 5.18. The zero-order chi connectivity index (χ0) is 25.1. The van der Waals surface area contributed by atoms with Crippen molar-refractivity contribution in [1.29, 1.82) is 0 Å². The van der Waals surface area contributed by atoms with Crippen LogP contribution in [0.2, 0.25) is 0 Å². The Morgan fingerprint density at radius 2 is 1.83 bits per heavy atom. The number of thioether (sulfide) groups is 1. The number of halogens is 1. The van der Waals surface area contributed by atoms with Crippen LogP contribution in [0.3, 0.4) is 0 Å². The van der Waals surface area contributed by atoms with Gasteiger partial charge in [-0.2, -0.15) is 0 Å². The van der Waals surface area contributed by atoms with Crippen LogP contribution in [-0.4, -0.2) is 35.3 Å². The van der Waals surface area contributed by atoms with Crippen molar-refractivity contribution in [3.05, 3.63) is 88.6 Å². The van der Waals surface area contributed by atoms with Gasteiger partial charge in [0.2, 0.25) is 12.7 Å². The molecule has 2 aliphatic heterocycles. The van der Waals surface area contributed by atoms with E-state index in [0.717, 1.165) is 16.7 Å². The van der Waals surface area contributed by atoms with E-state index in [1.807, 2.05) is 0 Å². The fraction of sp³-hybridized carbons (Fsp3) is 0.115. The van der Waals surface area contributed by atoms with Crippen LogP contribution in [0.15, 0.2) is 71.6 Å². The summed E-state index contributed by atoms with van der Waals surface area (Å²) in [5.74, 6) is 0.205. The SMILES string of the molecule is O=C(CN1C(=O)S/C(=C/c2ccc(OCc3ccccc3F)cc2)C1=O)Nc1ccc2c(c1)OCO2. The highest BCUT2D eigenvalue weighted by Crippen LogP contribution is 2.35. The number of imide groups is 1. The van der Waals surface area contributed by atoms with Crippen LogP contribution in [0.25, 0.3) is 6.08 Å². The van der Waals surface area contributed by atoms with Gasteiger partial charge in [0.1, 0.15) is 24.7 Å². The van der Waals surface area contributed by atoms with Gasteiger partial charge in [-0.1, -0.05) is 30.3 Å². The number of carbonyl (C=O) groups excluding carboxylic acids is 3. The van der Waals surface area contributed by atoms with Gasteiger partial charge >= 0.3 is 0 Å². The van der Waals surface area contributed by atoms with Gasteiger partial charge < -0.3 is 19.5 Å². The Morgan fingerprint density at radius 1 is 1.06 bits per heavy atom. The van der Waals surface area contributed by atoms with Gasteiger partial charge in [0, 0.05) is 17.3 Å². The lowest BCUT2D eigenvalue weighted by Crippen LogP contribution is -2.36. The van der Waals surface area contributed by atoms with Gasteiger partial charge in [0.05, 0.1) is 4.91 Å². The highest BCUT2D eigenvalue weighted by Gasteiger charge is 2.36. The molecule has 0 radical (unpaired) electrons. The summed E-state index contributed by atoms with van der Waals surface area (Å²) in [7, 11) is 0. The van der Waals surface area contributed by atoms with Crippen molar-refractivity contribution in [2.24, 2.45) is 0 Å². The van der Waals surface area contributed by atoms with E-state index in [0.29, 0.717) is 34.1 Å². The Morgan fingerprint density at radius 3 is 2.64 bits per heavy atom. The van der Waals surface area contributed by atoms with Crippen LogP contribution < -0.4 is 19.5 Å². The number of fused-ring (bicyclic) bond motifs is 1. The molecule has 36 heavy (non-hydrogen) atoms. The Hall–Kier alpha value is -4.31. The number of hydrogen-bond donors (Lipinski definition) is 1. The van der Waals surface area contributed by atoms with Crippen molar-refractivity contribution in [1.82, 2.24) is 4.90 Å². The monoisotopic (exact) mass is 506 g/mol. The van der Waals surface area contributed by atoms with Gasteiger partial charge in [-0.05, 0) is 53.7 Å². The molecule has 0 unspecified atom stereocenters. The third-order valence-electron chi connectivity index (χ3n) is 5.36. The first-order valence-corrected chi connectivity index (χ1v) is 11.7. The van der Waals surface area contributed by atoms with Crippen molar-refractivity contribution in [2.75, 3.05) is 18.7 Å². The molecule has 10 heteroatoms. The van der Waals surface area contributed by atoms with Crippen molar-refractivity contribution in [3.8, 4) is 17.2 Å². The molecular formula is C26H19FN2O6S. The summed E-state index contributed by atoms with van der Waals surface area (Å²) in [6, 6.07) is 18.1. The average Bonchev–Trinajstić information content (AvgIpc) is 3.44. The van der Waals surface area contributed by atoms with Gasteiger partial charge in [-0.25, -0.2) is 4.39 Å². The van der Waals surface area contributed by atoms with Crippen molar-refractivity contribution in [2.45, 2.75) is 6.61 Å². The van der Waals surface area contributed by atoms with Crippen LogP contribution >= 0.6 is 11.8 Å². The lowest BCUT2D eigenvalue weighted by Gasteiger charge is -2.12. The van der Waals surface area contributed by atoms with Gasteiger partial charge in [-0.15, -0.1) is 0 Å². The topological polar surface area (TPSA) is 94.2 Å². The van der Waals surface area contributed by atoms with Crippen molar-refractivity contribution < 1.29 is 33.0 Å². The standard InChI is InChI=1S/C26H19FN2O6S/c27-20-4-2-1-3-17(20)14-33-19-8-5-16(6-9-19)11-23-25(31)29(26(32)36-23)13-24(30)28-18-7-10-21-22(12-18)35-15-34-21/h1-12H,13-15H2,(H,28,30)/b23-11+. The first-order chi connectivity index (χ1) is 17.5. The van der Waals surface area contributed by atoms with Crippen LogP contribution in [0.5, 0.6) is 17.2 Å². The lowest BCUT2D eigenvalue weighted by atomic mass is 10.2. The van der Waals surface area contributed by atoms with Crippen LogP contribution in [-0.2, 0) is 16.2 Å². The van der Waals surface area contributed by atoms with Gasteiger partial charge in [0.15, 0.2) is 11.5 Å². The molecule has 2 aliphatic rings. The quantitative estimate of drug-likeness (QED) is 0.460. The summed E-state index contributed by atoms with van der Waals surface area (Å²) in [5.41, 5.74) is 1.57. The van der Waals surface area contributed by atoms with E-state index in [2.05, 4.69) is 5.32 Å². The number of nitrogens with one attached hydrogen (secondary N) is 1. The first kappa shape index (κ1) is 23.4. The largest absolute Gasteiger partial charge is 0.489 e. The van der Waals surface area contributed by atoms with E-state index < -0.39 is 23.6 Å². The van der Waals surface area contributed by atoms with Crippen LogP contribution in [0, 0.1) is 5.82 Å². The van der Waals surface area contributed by atoms with E-state index in [4.69, 9.17) is 14.2 Å². The maximum atomic E-state index is 13.7. The van der Waals surface area contributed by atoms with E-state index in [9.17, 15) is 18.8 Å². The lowest BCUT2D eigenvalue weighted by molar-refractivity contribution is -0.127. The van der Waals surface area contributed by atoms with E-state index in [1.165, 1.54) is 6.07 Å². The number of benzene rings is 3. The number of ether oxygens (including phenoxy) is 3. The molecule has 1 N–H and O–H groups in total. The van der Waals surface area contributed by atoms with Crippen LogP contribution in [0.1, 0.15) is 11.1 Å². The maximum Gasteiger partial charge on any atom is 0.294 e.